The van der Waals surface area contributed by atoms with Gasteiger partial charge in [0.1, 0.15) is 5.75 Å². The average Bonchev–Trinajstić information content (AvgIpc) is 2.16. The summed E-state index contributed by atoms with van der Waals surface area (Å²) in [6.45, 7) is 6.41. The van der Waals surface area contributed by atoms with Crippen molar-refractivity contribution in [1.82, 2.24) is 10.6 Å². The molecule has 6 nitrogen and oxygen atoms in total. The highest BCUT2D eigenvalue weighted by atomic mass is 32.2. The zero-order valence-corrected chi connectivity index (χ0v) is 10.1. The van der Waals surface area contributed by atoms with Gasteiger partial charge in [-0.3, -0.25) is 9.59 Å². The van der Waals surface area contributed by atoms with E-state index >= 15 is 0 Å². The molecular weight excluding hydrogens is 232 g/mol. The largest absolute Gasteiger partial charge is 0.338 e. The first-order valence-electron chi connectivity index (χ1n) is 4.68. The quantitative estimate of drug-likeness (QED) is 0.613. The van der Waals surface area contributed by atoms with Gasteiger partial charge in [0.2, 0.25) is 11.8 Å². The van der Waals surface area contributed by atoms with Gasteiger partial charge in [-0.05, 0) is 0 Å². The fourth-order valence-corrected chi connectivity index (χ4v) is 1.31. The first-order valence-corrected chi connectivity index (χ1v) is 6.39. The Morgan fingerprint density at radius 1 is 1.31 bits per heavy atom. The van der Waals surface area contributed by atoms with Crippen molar-refractivity contribution in [1.29, 1.82) is 0 Å². The van der Waals surface area contributed by atoms with Crippen molar-refractivity contribution >= 4 is 21.7 Å². The zero-order chi connectivity index (χ0) is 12.8. The lowest BCUT2D eigenvalue weighted by molar-refractivity contribution is -0.124. The highest BCUT2D eigenvalue weighted by molar-refractivity contribution is 7.94. The summed E-state index contributed by atoms with van der Waals surface area (Å²) < 4.78 is 21.9. The van der Waals surface area contributed by atoms with Crippen LogP contribution in [0.4, 0.5) is 0 Å². The molecule has 0 saturated heterocycles. The second-order valence-electron chi connectivity index (χ2n) is 3.45. The lowest BCUT2D eigenvalue weighted by atomic mass is 10.2. The number of hydrogen-bond acceptors (Lipinski definition) is 4. The topological polar surface area (TPSA) is 92.3 Å². The van der Waals surface area contributed by atoms with E-state index < -0.39 is 21.5 Å². The van der Waals surface area contributed by atoms with E-state index in [0.29, 0.717) is 0 Å². The van der Waals surface area contributed by atoms with E-state index in [1.54, 1.807) is 13.8 Å². The van der Waals surface area contributed by atoms with Crippen LogP contribution in [0, 0.1) is 5.92 Å². The van der Waals surface area contributed by atoms with Crippen molar-refractivity contribution < 1.29 is 18.0 Å². The number of carbonyl (C=O) groups is 2. The molecule has 0 bridgehead atoms. The molecule has 7 heteroatoms. The molecule has 0 aliphatic heterocycles. The fourth-order valence-electron chi connectivity index (χ4n) is 0.727. The molecule has 0 rings (SSSR count). The van der Waals surface area contributed by atoms with Gasteiger partial charge in [-0.2, -0.15) is 0 Å². The van der Waals surface area contributed by atoms with Crippen molar-refractivity contribution in [3.05, 3.63) is 12.0 Å². The molecule has 0 radical (unpaired) electrons. The molecule has 0 aromatic heterocycles. The summed E-state index contributed by atoms with van der Waals surface area (Å²) in [7, 11) is -3.55. The van der Waals surface area contributed by atoms with Crippen LogP contribution < -0.4 is 10.6 Å². The van der Waals surface area contributed by atoms with Crippen molar-refractivity contribution in [2.45, 2.75) is 13.8 Å². The second-order valence-corrected chi connectivity index (χ2v) is 5.39. The normalized spacial score (nSPS) is 10.9. The highest BCUT2D eigenvalue weighted by Crippen LogP contribution is 1.90. The zero-order valence-electron chi connectivity index (χ0n) is 9.32. The van der Waals surface area contributed by atoms with Crippen molar-refractivity contribution in [3.8, 4) is 0 Å². The number of carbonyl (C=O) groups excluding carboxylic acids is 2. The maximum atomic E-state index is 11.1. The summed E-state index contributed by atoms with van der Waals surface area (Å²) in [6, 6.07) is 0. The molecule has 0 saturated carbocycles. The van der Waals surface area contributed by atoms with E-state index in [2.05, 4.69) is 17.2 Å². The molecular formula is C9H16N2O4S. The third kappa shape index (κ3) is 6.18. The molecule has 0 atom stereocenters. The van der Waals surface area contributed by atoms with Gasteiger partial charge >= 0.3 is 0 Å². The first kappa shape index (κ1) is 14.6. The van der Waals surface area contributed by atoms with E-state index in [1.165, 1.54) is 0 Å². The molecule has 0 unspecified atom stereocenters. The first-order chi connectivity index (χ1) is 7.28. The molecule has 0 aliphatic rings. The summed E-state index contributed by atoms with van der Waals surface area (Å²) in [5, 5.41) is 5.41. The van der Waals surface area contributed by atoms with Gasteiger partial charge in [0.25, 0.3) is 0 Å². The Hall–Kier alpha value is -1.37. The Morgan fingerprint density at radius 3 is 2.31 bits per heavy atom. The van der Waals surface area contributed by atoms with Gasteiger partial charge < -0.3 is 10.6 Å². The summed E-state index contributed by atoms with van der Waals surface area (Å²) >= 11 is 0. The predicted molar refractivity (Wildman–Crippen MR) is 60.0 cm³/mol. The number of rotatable bonds is 6. The van der Waals surface area contributed by atoms with Crippen LogP contribution >= 0.6 is 0 Å². The lowest BCUT2D eigenvalue weighted by Crippen LogP contribution is -2.40. The third-order valence-electron chi connectivity index (χ3n) is 1.66. The van der Waals surface area contributed by atoms with Crippen LogP contribution in [-0.4, -0.2) is 32.7 Å². The third-order valence-corrected chi connectivity index (χ3v) is 2.83. The molecule has 0 aromatic rings. The number of nitrogens with one attached hydrogen (secondary N) is 2. The average molecular weight is 248 g/mol. The van der Waals surface area contributed by atoms with Gasteiger partial charge in [0, 0.05) is 11.3 Å². The molecule has 92 valence electrons. The van der Waals surface area contributed by atoms with Crippen LogP contribution in [0.5, 0.6) is 0 Å². The van der Waals surface area contributed by atoms with E-state index in [9.17, 15) is 18.0 Å². The smallest absolute Gasteiger partial charge is 0.236 e. The molecule has 2 amide bonds. The van der Waals surface area contributed by atoms with E-state index in [4.69, 9.17) is 0 Å². The summed E-state index contributed by atoms with van der Waals surface area (Å²) in [6.07, 6.45) is 0. The monoisotopic (exact) mass is 248 g/mol. The Balaban J connectivity index is 3.93. The van der Waals surface area contributed by atoms with Crippen LogP contribution in [0.2, 0.25) is 0 Å². The summed E-state index contributed by atoms with van der Waals surface area (Å²) in [5.74, 6) is -1.74. The van der Waals surface area contributed by atoms with Crippen LogP contribution in [0.15, 0.2) is 12.0 Å². The maximum absolute atomic E-state index is 11.1. The number of hydrogen-bond donors (Lipinski definition) is 2. The van der Waals surface area contributed by atoms with Crippen LogP contribution in [0.3, 0.4) is 0 Å². The van der Waals surface area contributed by atoms with Crippen LogP contribution in [0.1, 0.15) is 13.8 Å². The van der Waals surface area contributed by atoms with Crippen molar-refractivity contribution in [3.63, 3.8) is 0 Å². The molecule has 0 spiro atoms. The molecule has 2 N–H and O–H groups in total. The van der Waals surface area contributed by atoms with E-state index in [1.807, 2.05) is 0 Å². The minimum absolute atomic E-state index is 0.0808. The molecule has 0 aromatic carbocycles. The van der Waals surface area contributed by atoms with Crippen molar-refractivity contribution in [2.24, 2.45) is 5.92 Å². The Labute approximate surface area is 95.0 Å². The number of amides is 2. The van der Waals surface area contributed by atoms with E-state index in [-0.39, 0.29) is 18.5 Å². The Morgan fingerprint density at radius 2 is 1.88 bits per heavy atom. The van der Waals surface area contributed by atoms with Gasteiger partial charge in [-0.1, -0.05) is 20.4 Å². The van der Waals surface area contributed by atoms with E-state index in [0.717, 1.165) is 5.41 Å². The summed E-state index contributed by atoms with van der Waals surface area (Å²) in [4.78, 5) is 22.1. The fraction of sp³-hybridized carbons (Fsp3) is 0.556. The van der Waals surface area contributed by atoms with Gasteiger partial charge in [0.05, 0.1) is 6.67 Å². The van der Waals surface area contributed by atoms with Crippen LogP contribution in [0.25, 0.3) is 0 Å². The minimum atomic E-state index is -3.55. The van der Waals surface area contributed by atoms with Crippen LogP contribution in [-0.2, 0) is 19.4 Å². The Bertz CT molecular complexity index is 373. The van der Waals surface area contributed by atoms with Gasteiger partial charge in [-0.25, -0.2) is 8.42 Å². The Kier molecular flexibility index (Phi) is 5.73. The van der Waals surface area contributed by atoms with Gasteiger partial charge in [-0.15, -0.1) is 0 Å². The molecule has 0 aliphatic carbocycles. The van der Waals surface area contributed by atoms with Gasteiger partial charge in [0.15, 0.2) is 9.84 Å². The minimum Gasteiger partial charge on any atom is -0.338 e. The SMILES string of the molecule is C=CS(=O)(=O)CC(=O)NCNC(=O)C(C)C. The summed E-state index contributed by atoms with van der Waals surface area (Å²) in [5.41, 5.74) is 0. The molecule has 16 heavy (non-hydrogen) atoms. The standard InChI is InChI=1S/C9H16N2O4S/c1-4-16(14,15)5-8(12)10-6-11-9(13)7(2)3/h4,7H,1,5-6H2,2-3H3,(H,10,12)(H,11,13). The molecule has 0 heterocycles. The predicted octanol–water partition coefficient (Wildman–Crippen LogP) is -0.609. The molecule has 0 fully saturated rings. The van der Waals surface area contributed by atoms with Crippen molar-refractivity contribution in [2.75, 3.05) is 12.4 Å². The second kappa shape index (κ2) is 6.26. The number of sulfone groups is 1. The maximum Gasteiger partial charge on any atom is 0.236 e. The highest BCUT2D eigenvalue weighted by Gasteiger charge is 2.12. The lowest BCUT2D eigenvalue weighted by Gasteiger charge is -2.08.